The average Bonchev–Trinajstić information content (AvgIpc) is 2.21. The number of hydrogen-bond acceptors (Lipinski definition) is 3. The fourth-order valence-electron chi connectivity index (χ4n) is 1.17. The standard InChI is InChI=1S/C11H25NO2/c1-3-4-5-7-12-8-6-9-14-11-10-13-2/h12H,3-11H2,1-2H3. The molecule has 0 aromatic rings. The average molecular weight is 203 g/mol. The van der Waals surface area contributed by atoms with E-state index in [9.17, 15) is 0 Å². The van der Waals surface area contributed by atoms with Gasteiger partial charge in [-0.05, 0) is 25.9 Å². The summed E-state index contributed by atoms with van der Waals surface area (Å²) >= 11 is 0. The number of unbranched alkanes of at least 4 members (excludes halogenated alkanes) is 2. The zero-order valence-electron chi connectivity index (χ0n) is 9.68. The van der Waals surface area contributed by atoms with Gasteiger partial charge in [0.1, 0.15) is 0 Å². The van der Waals surface area contributed by atoms with E-state index in [4.69, 9.17) is 9.47 Å². The van der Waals surface area contributed by atoms with Crippen molar-refractivity contribution in [2.45, 2.75) is 32.6 Å². The molecule has 1 N–H and O–H groups in total. The first kappa shape index (κ1) is 13.9. The Hall–Kier alpha value is -0.120. The van der Waals surface area contributed by atoms with Crippen LogP contribution < -0.4 is 5.32 Å². The van der Waals surface area contributed by atoms with E-state index in [0.717, 1.165) is 26.1 Å². The molecule has 0 amide bonds. The van der Waals surface area contributed by atoms with Gasteiger partial charge in [-0.3, -0.25) is 0 Å². The SMILES string of the molecule is CCCCCNCCCOCCOC. The van der Waals surface area contributed by atoms with Gasteiger partial charge in [-0.25, -0.2) is 0 Å². The van der Waals surface area contributed by atoms with E-state index in [0.29, 0.717) is 13.2 Å². The van der Waals surface area contributed by atoms with Gasteiger partial charge in [0.15, 0.2) is 0 Å². The van der Waals surface area contributed by atoms with Crippen LogP contribution in [0.1, 0.15) is 32.6 Å². The second-order valence-electron chi connectivity index (χ2n) is 3.42. The lowest BCUT2D eigenvalue weighted by atomic mass is 10.2. The summed E-state index contributed by atoms with van der Waals surface area (Å²) in [6.45, 7) is 6.69. The van der Waals surface area contributed by atoms with E-state index in [-0.39, 0.29) is 0 Å². The van der Waals surface area contributed by atoms with E-state index < -0.39 is 0 Å². The highest BCUT2D eigenvalue weighted by atomic mass is 16.5. The van der Waals surface area contributed by atoms with Crippen LogP contribution in [0, 0.1) is 0 Å². The molecule has 0 saturated heterocycles. The van der Waals surface area contributed by atoms with E-state index in [2.05, 4.69) is 12.2 Å². The molecule has 0 radical (unpaired) electrons. The Kier molecular flexibility index (Phi) is 12.8. The highest BCUT2D eigenvalue weighted by molar-refractivity contribution is 4.47. The molecule has 0 aromatic carbocycles. The van der Waals surface area contributed by atoms with Gasteiger partial charge in [0, 0.05) is 13.7 Å². The van der Waals surface area contributed by atoms with Gasteiger partial charge < -0.3 is 14.8 Å². The number of hydrogen-bond donors (Lipinski definition) is 1. The third-order valence-corrected chi connectivity index (χ3v) is 2.03. The van der Waals surface area contributed by atoms with Crippen LogP contribution in [0.2, 0.25) is 0 Å². The van der Waals surface area contributed by atoms with Gasteiger partial charge in [0.2, 0.25) is 0 Å². The van der Waals surface area contributed by atoms with Crippen molar-refractivity contribution in [3.63, 3.8) is 0 Å². The molecule has 0 spiro atoms. The van der Waals surface area contributed by atoms with Gasteiger partial charge >= 0.3 is 0 Å². The van der Waals surface area contributed by atoms with Gasteiger partial charge in [0.05, 0.1) is 13.2 Å². The quantitative estimate of drug-likeness (QED) is 0.520. The first-order valence-electron chi connectivity index (χ1n) is 5.69. The zero-order valence-corrected chi connectivity index (χ0v) is 9.68. The summed E-state index contributed by atoms with van der Waals surface area (Å²) in [5.74, 6) is 0. The largest absolute Gasteiger partial charge is 0.382 e. The number of methoxy groups -OCH3 is 1. The molecule has 14 heavy (non-hydrogen) atoms. The van der Waals surface area contributed by atoms with Crippen LogP contribution in [0.25, 0.3) is 0 Å². The van der Waals surface area contributed by atoms with Gasteiger partial charge in [-0.15, -0.1) is 0 Å². The summed E-state index contributed by atoms with van der Waals surface area (Å²) < 4.78 is 10.2. The summed E-state index contributed by atoms with van der Waals surface area (Å²) in [5, 5.41) is 3.40. The van der Waals surface area contributed by atoms with E-state index >= 15 is 0 Å². The van der Waals surface area contributed by atoms with Crippen LogP contribution >= 0.6 is 0 Å². The van der Waals surface area contributed by atoms with Crippen molar-refractivity contribution in [3.8, 4) is 0 Å². The van der Waals surface area contributed by atoms with Crippen LogP contribution in [-0.4, -0.2) is 40.0 Å². The first-order chi connectivity index (χ1) is 6.91. The fraction of sp³-hybridized carbons (Fsp3) is 1.00. The third kappa shape index (κ3) is 11.9. The van der Waals surface area contributed by atoms with Crippen LogP contribution in [0.3, 0.4) is 0 Å². The van der Waals surface area contributed by atoms with Crippen LogP contribution in [0.4, 0.5) is 0 Å². The highest BCUT2D eigenvalue weighted by Gasteiger charge is 1.89. The van der Waals surface area contributed by atoms with Crippen LogP contribution in [0.15, 0.2) is 0 Å². The van der Waals surface area contributed by atoms with Gasteiger partial charge in [-0.2, -0.15) is 0 Å². The highest BCUT2D eigenvalue weighted by Crippen LogP contribution is 1.91. The Morgan fingerprint density at radius 1 is 0.929 bits per heavy atom. The monoisotopic (exact) mass is 203 g/mol. The molecule has 0 unspecified atom stereocenters. The Labute approximate surface area is 88.2 Å². The summed E-state index contributed by atoms with van der Waals surface area (Å²) in [6, 6.07) is 0. The topological polar surface area (TPSA) is 30.5 Å². The van der Waals surface area contributed by atoms with E-state index in [1.54, 1.807) is 7.11 Å². The fourth-order valence-corrected chi connectivity index (χ4v) is 1.17. The van der Waals surface area contributed by atoms with Crippen molar-refractivity contribution in [1.29, 1.82) is 0 Å². The molecule has 0 aliphatic heterocycles. The molecule has 0 fully saturated rings. The second-order valence-corrected chi connectivity index (χ2v) is 3.42. The zero-order chi connectivity index (χ0) is 10.5. The molecule has 3 heteroatoms. The summed E-state index contributed by atoms with van der Waals surface area (Å²) in [4.78, 5) is 0. The maximum Gasteiger partial charge on any atom is 0.0700 e. The third-order valence-electron chi connectivity index (χ3n) is 2.03. The predicted molar refractivity (Wildman–Crippen MR) is 59.7 cm³/mol. The first-order valence-corrected chi connectivity index (χ1v) is 5.69. The Bertz CT molecular complexity index is 87.3. The Morgan fingerprint density at radius 2 is 1.71 bits per heavy atom. The maximum atomic E-state index is 5.34. The molecule has 0 atom stereocenters. The van der Waals surface area contributed by atoms with Crippen molar-refractivity contribution in [3.05, 3.63) is 0 Å². The predicted octanol–water partition coefficient (Wildman–Crippen LogP) is 1.82. The lowest BCUT2D eigenvalue weighted by Gasteiger charge is -2.05. The Balaban J connectivity index is 2.78. The normalized spacial score (nSPS) is 10.7. The molecule has 0 rings (SSSR count). The molecule has 0 heterocycles. The van der Waals surface area contributed by atoms with Gasteiger partial charge in [-0.1, -0.05) is 19.8 Å². The molecule has 0 bridgehead atoms. The molecule has 86 valence electrons. The minimum absolute atomic E-state index is 0.698. The lowest BCUT2D eigenvalue weighted by molar-refractivity contribution is 0.0695. The smallest absolute Gasteiger partial charge is 0.0700 e. The molecule has 0 saturated carbocycles. The van der Waals surface area contributed by atoms with Crippen molar-refractivity contribution < 1.29 is 9.47 Å². The molecule has 0 aliphatic carbocycles. The minimum atomic E-state index is 0.698. The minimum Gasteiger partial charge on any atom is -0.382 e. The summed E-state index contributed by atoms with van der Waals surface area (Å²) in [7, 11) is 1.69. The van der Waals surface area contributed by atoms with Crippen molar-refractivity contribution in [2.75, 3.05) is 40.0 Å². The van der Waals surface area contributed by atoms with E-state index in [1.807, 2.05) is 0 Å². The molecule has 3 nitrogen and oxygen atoms in total. The molecule has 0 aliphatic rings. The van der Waals surface area contributed by atoms with Crippen molar-refractivity contribution >= 4 is 0 Å². The number of rotatable bonds is 11. The molecular formula is C11H25NO2. The maximum absolute atomic E-state index is 5.34. The second kappa shape index (κ2) is 12.9. The van der Waals surface area contributed by atoms with Crippen molar-refractivity contribution in [1.82, 2.24) is 5.32 Å². The molecule has 0 aromatic heterocycles. The summed E-state index contributed by atoms with van der Waals surface area (Å²) in [5.41, 5.74) is 0. The van der Waals surface area contributed by atoms with E-state index in [1.165, 1.54) is 19.3 Å². The van der Waals surface area contributed by atoms with Crippen LogP contribution in [0.5, 0.6) is 0 Å². The van der Waals surface area contributed by atoms with Gasteiger partial charge in [0.25, 0.3) is 0 Å². The van der Waals surface area contributed by atoms with Crippen LogP contribution in [-0.2, 0) is 9.47 Å². The van der Waals surface area contributed by atoms with Crippen molar-refractivity contribution in [2.24, 2.45) is 0 Å². The number of ether oxygens (including phenoxy) is 2. The number of nitrogens with one attached hydrogen (secondary N) is 1. The lowest BCUT2D eigenvalue weighted by Crippen LogP contribution is -2.18. The Morgan fingerprint density at radius 3 is 2.43 bits per heavy atom. The molecular weight excluding hydrogens is 178 g/mol. The summed E-state index contributed by atoms with van der Waals surface area (Å²) in [6.07, 6.45) is 5.01.